The van der Waals surface area contributed by atoms with Crippen LogP contribution in [0.25, 0.3) is 0 Å². The fraction of sp³-hybridized carbons (Fsp3) is 0.636. The van der Waals surface area contributed by atoms with Gasteiger partial charge in [-0.2, -0.15) is 0 Å². The van der Waals surface area contributed by atoms with Crippen LogP contribution in [0.2, 0.25) is 0 Å². The Balaban J connectivity index is 2.25. The van der Waals surface area contributed by atoms with Crippen molar-refractivity contribution in [3.8, 4) is 0 Å². The lowest BCUT2D eigenvalue weighted by molar-refractivity contribution is -0.128. The summed E-state index contributed by atoms with van der Waals surface area (Å²) in [6.07, 6.45) is 8.35. The highest BCUT2D eigenvalue weighted by Gasteiger charge is 2.09. The normalized spacial score (nSPS) is 12.0. The predicted molar refractivity (Wildman–Crippen MR) is 106 cm³/mol. The van der Waals surface area contributed by atoms with Crippen molar-refractivity contribution in [1.82, 2.24) is 4.90 Å². The van der Waals surface area contributed by atoms with Crippen molar-refractivity contribution >= 4 is 11.7 Å². The van der Waals surface area contributed by atoms with Crippen molar-refractivity contribution in [1.29, 1.82) is 0 Å². The highest BCUT2D eigenvalue weighted by molar-refractivity contribution is 5.96. The number of aliphatic hydroxyl groups excluding tert-OH is 1. The summed E-state index contributed by atoms with van der Waals surface area (Å²) < 4.78 is 0. The van der Waals surface area contributed by atoms with Crippen LogP contribution in [0.15, 0.2) is 24.3 Å². The van der Waals surface area contributed by atoms with Gasteiger partial charge in [-0.25, -0.2) is 0 Å². The molecule has 1 amide bonds. The Morgan fingerprint density at radius 2 is 1.73 bits per heavy atom. The van der Waals surface area contributed by atoms with Crippen LogP contribution < -0.4 is 0 Å². The third kappa shape index (κ3) is 9.14. The number of rotatable bonds is 13. The summed E-state index contributed by atoms with van der Waals surface area (Å²) in [5, 5.41) is 9.06. The minimum Gasteiger partial charge on any atom is -0.396 e. The largest absolute Gasteiger partial charge is 0.396 e. The Morgan fingerprint density at radius 3 is 2.42 bits per heavy atom. The number of carbonyl (C=O) groups excluding carboxylic acids is 2. The smallest absolute Gasteiger partial charge is 0.222 e. The van der Waals surface area contributed by atoms with E-state index < -0.39 is 0 Å². The fourth-order valence-corrected chi connectivity index (χ4v) is 2.87. The van der Waals surface area contributed by atoms with Gasteiger partial charge in [0.25, 0.3) is 0 Å². The van der Waals surface area contributed by atoms with Crippen LogP contribution in [0.3, 0.4) is 0 Å². The summed E-state index contributed by atoms with van der Waals surface area (Å²) in [7, 11) is 3.60. The molecule has 1 aromatic rings. The molecule has 0 saturated carbocycles. The Kier molecular flexibility index (Phi) is 10.9. The predicted octanol–water partition coefficient (Wildman–Crippen LogP) is 4.25. The van der Waals surface area contributed by atoms with Crippen LogP contribution in [-0.4, -0.2) is 42.4 Å². The molecule has 0 unspecified atom stereocenters. The zero-order valence-electron chi connectivity index (χ0n) is 16.7. The second-order valence-corrected chi connectivity index (χ2v) is 7.51. The maximum absolute atomic E-state index is 12.3. The first-order valence-corrected chi connectivity index (χ1v) is 9.87. The summed E-state index contributed by atoms with van der Waals surface area (Å²) in [6, 6.07) is 7.95. The van der Waals surface area contributed by atoms with Crippen molar-refractivity contribution < 1.29 is 14.7 Å². The molecule has 0 aromatic heterocycles. The van der Waals surface area contributed by atoms with E-state index in [0.717, 1.165) is 50.5 Å². The minimum atomic E-state index is 0.136. The van der Waals surface area contributed by atoms with Gasteiger partial charge in [-0.05, 0) is 43.2 Å². The number of hydrogen-bond donors (Lipinski definition) is 1. The zero-order chi connectivity index (χ0) is 19.4. The molecule has 4 nitrogen and oxygen atoms in total. The highest BCUT2D eigenvalue weighted by atomic mass is 16.3. The van der Waals surface area contributed by atoms with Gasteiger partial charge in [0.05, 0.1) is 0 Å². The number of Topliss-reactive ketones (excluding diaryl/α,β-unsaturated/α-hetero) is 1. The zero-order valence-corrected chi connectivity index (χ0v) is 16.7. The monoisotopic (exact) mass is 361 g/mol. The van der Waals surface area contributed by atoms with Crippen molar-refractivity contribution in [2.24, 2.45) is 5.92 Å². The molecule has 0 saturated heterocycles. The number of carbonyl (C=O) groups is 2. The second-order valence-electron chi connectivity index (χ2n) is 7.51. The molecule has 26 heavy (non-hydrogen) atoms. The van der Waals surface area contributed by atoms with E-state index in [-0.39, 0.29) is 24.2 Å². The third-order valence-corrected chi connectivity index (χ3v) is 4.78. The van der Waals surface area contributed by atoms with Gasteiger partial charge in [0.2, 0.25) is 5.91 Å². The Morgan fingerprint density at radius 1 is 1.04 bits per heavy atom. The number of ketones is 1. The van der Waals surface area contributed by atoms with Gasteiger partial charge in [-0.15, -0.1) is 0 Å². The van der Waals surface area contributed by atoms with E-state index in [1.54, 1.807) is 19.0 Å². The fourth-order valence-electron chi connectivity index (χ4n) is 2.87. The molecule has 1 aromatic carbocycles. The number of amides is 1. The minimum absolute atomic E-state index is 0.136. The lowest BCUT2D eigenvalue weighted by Crippen LogP contribution is -2.20. The molecule has 4 heteroatoms. The Labute approximate surface area is 158 Å². The van der Waals surface area contributed by atoms with Gasteiger partial charge in [0.15, 0.2) is 5.78 Å². The van der Waals surface area contributed by atoms with Crippen LogP contribution in [0.4, 0.5) is 0 Å². The van der Waals surface area contributed by atoms with Crippen LogP contribution in [0.1, 0.15) is 74.2 Å². The number of nitrogens with zero attached hydrogens (tertiary/aromatic N) is 1. The SMILES string of the molecule is C[C@H](CO)CCC(=O)c1cccc(CCCCCCCC(=O)N(C)C)c1. The maximum atomic E-state index is 12.3. The Bertz CT molecular complexity index is 554. The lowest BCUT2D eigenvalue weighted by atomic mass is 9.98. The third-order valence-electron chi connectivity index (χ3n) is 4.78. The molecule has 0 heterocycles. The second kappa shape index (κ2) is 12.6. The summed E-state index contributed by atoms with van der Waals surface area (Å²) >= 11 is 0. The van der Waals surface area contributed by atoms with E-state index >= 15 is 0 Å². The van der Waals surface area contributed by atoms with Gasteiger partial charge >= 0.3 is 0 Å². The standard InChI is InChI=1S/C22H35NO3/c1-18(17-24)14-15-21(25)20-12-9-11-19(16-20)10-7-5-4-6-8-13-22(26)23(2)3/h9,11-12,16,18,24H,4-8,10,13-15,17H2,1-3H3/t18-/m0/s1. The molecule has 0 aliphatic rings. The summed E-state index contributed by atoms with van der Waals surface area (Å²) in [6.45, 7) is 2.09. The molecule has 1 N–H and O–H groups in total. The first-order chi connectivity index (χ1) is 12.4. The van der Waals surface area contributed by atoms with E-state index in [1.165, 1.54) is 5.56 Å². The molecule has 1 atom stereocenters. The van der Waals surface area contributed by atoms with E-state index in [1.807, 2.05) is 25.1 Å². The Hall–Kier alpha value is -1.68. The number of unbranched alkanes of at least 4 members (excludes halogenated alkanes) is 4. The lowest BCUT2D eigenvalue weighted by Gasteiger charge is -2.09. The molecule has 0 aliphatic heterocycles. The van der Waals surface area contributed by atoms with E-state index in [2.05, 4.69) is 6.07 Å². The van der Waals surface area contributed by atoms with Gasteiger partial charge in [-0.3, -0.25) is 9.59 Å². The maximum Gasteiger partial charge on any atom is 0.222 e. The van der Waals surface area contributed by atoms with Gasteiger partial charge in [-0.1, -0.05) is 44.4 Å². The average Bonchev–Trinajstić information content (AvgIpc) is 2.64. The number of aryl methyl sites for hydroxylation is 1. The summed E-state index contributed by atoms with van der Waals surface area (Å²) in [4.78, 5) is 25.4. The highest BCUT2D eigenvalue weighted by Crippen LogP contribution is 2.15. The van der Waals surface area contributed by atoms with E-state index in [9.17, 15) is 9.59 Å². The first kappa shape index (κ1) is 22.4. The van der Waals surface area contributed by atoms with Crippen LogP contribution in [0, 0.1) is 5.92 Å². The molecular weight excluding hydrogens is 326 g/mol. The van der Waals surface area contributed by atoms with Crippen LogP contribution in [0.5, 0.6) is 0 Å². The molecule has 1 rings (SSSR count). The van der Waals surface area contributed by atoms with Crippen molar-refractivity contribution in [2.45, 2.75) is 64.7 Å². The van der Waals surface area contributed by atoms with Gasteiger partial charge in [0, 0.05) is 39.1 Å². The van der Waals surface area contributed by atoms with Crippen LogP contribution in [-0.2, 0) is 11.2 Å². The van der Waals surface area contributed by atoms with Crippen molar-refractivity contribution in [3.63, 3.8) is 0 Å². The van der Waals surface area contributed by atoms with Crippen molar-refractivity contribution in [2.75, 3.05) is 20.7 Å². The number of hydrogen-bond acceptors (Lipinski definition) is 3. The molecule has 0 bridgehead atoms. The molecular formula is C22H35NO3. The topological polar surface area (TPSA) is 57.6 Å². The van der Waals surface area contributed by atoms with Gasteiger partial charge in [0.1, 0.15) is 0 Å². The molecule has 146 valence electrons. The van der Waals surface area contributed by atoms with Crippen LogP contribution >= 0.6 is 0 Å². The quantitative estimate of drug-likeness (QED) is 0.422. The molecule has 0 aliphatic carbocycles. The summed E-state index contributed by atoms with van der Waals surface area (Å²) in [5.74, 6) is 0.549. The molecule has 0 spiro atoms. The van der Waals surface area contributed by atoms with E-state index in [4.69, 9.17) is 5.11 Å². The first-order valence-electron chi connectivity index (χ1n) is 9.87. The average molecular weight is 362 g/mol. The number of aliphatic hydroxyl groups is 1. The number of benzene rings is 1. The van der Waals surface area contributed by atoms with Crippen molar-refractivity contribution in [3.05, 3.63) is 35.4 Å². The van der Waals surface area contributed by atoms with E-state index in [0.29, 0.717) is 12.8 Å². The summed E-state index contributed by atoms with van der Waals surface area (Å²) in [5.41, 5.74) is 2.00. The van der Waals surface area contributed by atoms with Gasteiger partial charge < -0.3 is 10.0 Å². The molecule has 0 fully saturated rings. The molecule has 0 radical (unpaired) electrons.